The number of methoxy groups -OCH3 is 3. The third-order valence-electron chi connectivity index (χ3n) is 3.37. The van der Waals surface area contributed by atoms with Crippen LogP contribution in [-0.2, 0) is 0 Å². The van der Waals surface area contributed by atoms with Gasteiger partial charge in [-0.15, -0.1) is 0 Å². The van der Waals surface area contributed by atoms with Gasteiger partial charge < -0.3 is 25.1 Å². The Hall–Kier alpha value is -2.11. The van der Waals surface area contributed by atoms with Gasteiger partial charge in [-0.25, -0.2) is 0 Å². The second-order valence-electron chi connectivity index (χ2n) is 4.62. The number of hydrogen-bond donors (Lipinski definition) is 2. The van der Waals surface area contributed by atoms with E-state index in [1.165, 1.54) is 14.2 Å². The molecule has 2 rings (SSSR count). The Morgan fingerprint density at radius 2 is 1.59 bits per heavy atom. The second kappa shape index (κ2) is 6.77. The number of aliphatic hydroxyl groups excluding tert-OH is 1. The van der Waals surface area contributed by atoms with Crippen LogP contribution in [0, 0.1) is 0 Å². The molecule has 118 valence electrons. The van der Waals surface area contributed by atoms with E-state index in [2.05, 4.69) is 0 Å². The minimum Gasteiger partial charge on any atom is -0.496 e. The molecule has 0 heterocycles. The first-order valence-electron chi connectivity index (χ1n) is 6.54. The molecule has 0 fully saturated rings. The molecule has 5 nitrogen and oxygen atoms in total. The summed E-state index contributed by atoms with van der Waals surface area (Å²) in [5.74, 6) is 1.43. The Morgan fingerprint density at radius 1 is 1.00 bits per heavy atom. The van der Waals surface area contributed by atoms with Gasteiger partial charge >= 0.3 is 0 Å². The molecule has 0 aliphatic rings. The lowest BCUT2D eigenvalue weighted by molar-refractivity contribution is 0.209. The predicted octanol–water partition coefficient (Wildman–Crippen LogP) is 3.03. The molecule has 0 aliphatic heterocycles. The van der Waals surface area contributed by atoms with Crippen molar-refractivity contribution in [3.05, 3.63) is 46.5 Å². The third-order valence-corrected chi connectivity index (χ3v) is 3.61. The molecule has 0 radical (unpaired) electrons. The van der Waals surface area contributed by atoms with E-state index in [1.807, 2.05) is 0 Å². The molecule has 0 saturated heterocycles. The van der Waals surface area contributed by atoms with Gasteiger partial charge in [0.1, 0.15) is 23.4 Å². The van der Waals surface area contributed by atoms with E-state index < -0.39 is 6.10 Å². The first-order chi connectivity index (χ1) is 10.5. The molecule has 1 unspecified atom stereocenters. The standard InChI is InChI=1S/C16H18ClNO4/c1-20-10-7-13(21-2)15(14(8-10)22-3)16(19)11-6-9(17)4-5-12(11)18/h4-8,16,19H,18H2,1-3H3. The average Bonchev–Trinajstić information content (AvgIpc) is 2.54. The smallest absolute Gasteiger partial charge is 0.132 e. The van der Waals surface area contributed by atoms with Crippen LogP contribution in [0.5, 0.6) is 17.2 Å². The molecule has 1 atom stereocenters. The first kappa shape index (κ1) is 16.3. The summed E-state index contributed by atoms with van der Waals surface area (Å²) in [6, 6.07) is 8.26. The Labute approximate surface area is 134 Å². The lowest BCUT2D eigenvalue weighted by atomic mass is 9.98. The normalized spacial score (nSPS) is 11.9. The Bertz CT molecular complexity index is 650. The lowest BCUT2D eigenvalue weighted by Gasteiger charge is -2.20. The van der Waals surface area contributed by atoms with Crippen LogP contribution in [0.3, 0.4) is 0 Å². The first-order valence-corrected chi connectivity index (χ1v) is 6.92. The van der Waals surface area contributed by atoms with E-state index in [0.29, 0.717) is 39.1 Å². The van der Waals surface area contributed by atoms with Crippen LogP contribution >= 0.6 is 11.6 Å². The highest BCUT2D eigenvalue weighted by atomic mass is 35.5. The van der Waals surface area contributed by atoms with E-state index in [0.717, 1.165) is 0 Å². The van der Waals surface area contributed by atoms with Crippen molar-refractivity contribution in [2.45, 2.75) is 6.10 Å². The summed E-state index contributed by atoms with van der Waals surface area (Å²) in [4.78, 5) is 0. The van der Waals surface area contributed by atoms with Crippen LogP contribution in [-0.4, -0.2) is 26.4 Å². The molecule has 0 aliphatic carbocycles. The van der Waals surface area contributed by atoms with Crippen molar-refractivity contribution in [1.29, 1.82) is 0 Å². The maximum atomic E-state index is 10.7. The number of halogens is 1. The van der Waals surface area contributed by atoms with Gasteiger partial charge in [0.05, 0.1) is 26.9 Å². The summed E-state index contributed by atoms with van der Waals surface area (Å²) in [5.41, 5.74) is 7.31. The quantitative estimate of drug-likeness (QED) is 0.827. The Kier molecular flexibility index (Phi) is 5.00. The average molecular weight is 324 g/mol. The monoisotopic (exact) mass is 323 g/mol. The van der Waals surface area contributed by atoms with E-state index >= 15 is 0 Å². The highest BCUT2D eigenvalue weighted by Gasteiger charge is 2.24. The summed E-state index contributed by atoms with van der Waals surface area (Å²) in [5, 5.41) is 11.2. The third kappa shape index (κ3) is 3.05. The van der Waals surface area contributed by atoms with Gasteiger partial charge in [0.15, 0.2) is 0 Å². The van der Waals surface area contributed by atoms with Crippen molar-refractivity contribution >= 4 is 17.3 Å². The fraction of sp³-hybridized carbons (Fsp3) is 0.250. The fourth-order valence-corrected chi connectivity index (χ4v) is 2.42. The van der Waals surface area contributed by atoms with Crippen molar-refractivity contribution in [3.8, 4) is 17.2 Å². The van der Waals surface area contributed by atoms with Gasteiger partial charge in [0.25, 0.3) is 0 Å². The van der Waals surface area contributed by atoms with Crippen LogP contribution in [0.1, 0.15) is 17.2 Å². The van der Waals surface area contributed by atoms with Crippen molar-refractivity contribution in [2.75, 3.05) is 27.1 Å². The molecule has 3 N–H and O–H groups in total. The maximum absolute atomic E-state index is 10.7. The SMILES string of the molecule is COc1cc(OC)c(C(O)c2cc(Cl)ccc2N)c(OC)c1. The molecular formula is C16H18ClNO4. The zero-order valence-electron chi connectivity index (χ0n) is 12.6. The molecule has 0 spiro atoms. The molecule has 0 aromatic heterocycles. The zero-order chi connectivity index (χ0) is 16.3. The predicted molar refractivity (Wildman–Crippen MR) is 86.0 cm³/mol. The topological polar surface area (TPSA) is 73.9 Å². The molecule has 22 heavy (non-hydrogen) atoms. The van der Waals surface area contributed by atoms with Gasteiger partial charge in [-0.3, -0.25) is 0 Å². The van der Waals surface area contributed by atoms with Crippen LogP contribution in [0.2, 0.25) is 5.02 Å². The fourth-order valence-electron chi connectivity index (χ4n) is 2.24. The summed E-state index contributed by atoms with van der Waals surface area (Å²) >= 11 is 5.99. The highest BCUT2D eigenvalue weighted by molar-refractivity contribution is 6.30. The number of rotatable bonds is 5. The van der Waals surface area contributed by atoms with Crippen molar-refractivity contribution in [1.82, 2.24) is 0 Å². The molecule has 6 heteroatoms. The molecule has 0 saturated carbocycles. The van der Waals surface area contributed by atoms with Crippen molar-refractivity contribution < 1.29 is 19.3 Å². The summed E-state index contributed by atoms with van der Waals surface area (Å²) in [6.07, 6.45) is -1.05. The number of nitrogen functional groups attached to an aromatic ring is 1. The summed E-state index contributed by atoms with van der Waals surface area (Å²) in [7, 11) is 4.55. The van der Waals surface area contributed by atoms with Crippen LogP contribution < -0.4 is 19.9 Å². The Morgan fingerprint density at radius 3 is 2.09 bits per heavy atom. The minimum absolute atomic E-state index is 0.428. The maximum Gasteiger partial charge on any atom is 0.132 e. The van der Waals surface area contributed by atoms with Gasteiger partial charge in [-0.05, 0) is 18.2 Å². The number of ether oxygens (including phenoxy) is 3. The van der Waals surface area contributed by atoms with E-state index in [9.17, 15) is 5.11 Å². The van der Waals surface area contributed by atoms with Crippen LogP contribution in [0.25, 0.3) is 0 Å². The molecule has 0 amide bonds. The van der Waals surface area contributed by atoms with Gasteiger partial charge in [0, 0.05) is 28.4 Å². The number of hydrogen-bond acceptors (Lipinski definition) is 5. The second-order valence-corrected chi connectivity index (χ2v) is 5.06. The van der Waals surface area contributed by atoms with Crippen molar-refractivity contribution in [3.63, 3.8) is 0 Å². The van der Waals surface area contributed by atoms with Gasteiger partial charge in [0.2, 0.25) is 0 Å². The van der Waals surface area contributed by atoms with Crippen LogP contribution in [0.4, 0.5) is 5.69 Å². The zero-order valence-corrected chi connectivity index (χ0v) is 13.3. The molecular weight excluding hydrogens is 306 g/mol. The molecule has 0 bridgehead atoms. The lowest BCUT2D eigenvalue weighted by Crippen LogP contribution is -2.08. The molecule has 2 aromatic rings. The van der Waals surface area contributed by atoms with E-state index in [4.69, 9.17) is 31.5 Å². The van der Waals surface area contributed by atoms with Crippen LogP contribution in [0.15, 0.2) is 30.3 Å². The number of nitrogens with two attached hydrogens (primary N) is 1. The van der Waals surface area contributed by atoms with Gasteiger partial charge in [-0.1, -0.05) is 11.6 Å². The van der Waals surface area contributed by atoms with E-state index in [1.54, 1.807) is 37.4 Å². The summed E-state index contributed by atoms with van der Waals surface area (Å²) in [6.45, 7) is 0. The van der Waals surface area contributed by atoms with Gasteiger partial charge in [-0.2, -0.15) is 0 Å². The number of anilines is 1. The Balaban J connectivity index is 2.61. The van der Waals surface area contributed by atoms with E-state index in [-0.39, 0.29) is 0 Å². The number of benzene rings is 2. The molecule has 2 aromatic carbocycles. The minimum atomic E-state index is -1.05. The number of aliphatic hydroxyl groups is 1. The summed E-state index contributed by atoms with van der Waals surface area (Å²) < 4.78 is 15.9. The highest BCUT2D eigenvalue weighted by Crippen LogP contribution is 2.42. The largest absolute Gasteiger partial charge is 0.496 e. The van der Waals surface area contributed by atoms with Crippen molar-refractivity contribution in [2.24, 2.45) is 0 Å².